The van der Waals surface area contributed by atoms with Crippen LogP contribution in [0.4, 0.5) is 5.69 Å². The topological polar surface area (TPSA) is 74.7 Å². The van der Waals surface area contributed by atoms with Crippen LogP contribution in [0.15, 0.2) is 34.2 Å². The second kappa shape index (κ2) is 5.90. The number of anilines is 1. The third-order valence-corrected chi connectivity index (χ3v) is 3.58. The van der Waals surface area contributed by atoms with Gasteiger partial charge in [-0.2, -0.15) is 0 Å². The first-order valence-electron chi connectivity index (χ1n) is 5.47. The van der Waals surface area contributed by atoms with Crippen LogP contribution in [0.1, 0.15) is 11.3 Å². The molecule has 0 atom stereocenters. The van der Waals surface area contributed by atoms with Crippen molar-refractivity contribution in [2.45, 2.75) is 6.54 Å². The van der Waals surface area contributed by atoms with Crippen molar-refractivity contribution in [3.8, 4) is 0 Å². The molecule has 0 fully saturated rings. The summed E-state index contributed by atoms with van der Waals surface area (Å²) < 4.78 is 0. The molecule has 0 spiro atoms. The first-order chi connectivity index (χ1) is 9.11. The van der Waals surface area contributed by atoms with Crippen LogP contribution in [0.25, 0.3) is 0 Å². The molecule has 0 radical (unpaired) electrons. The number of rotatable bonds is 4. The number of nitrogens with two attached hydrogens (primary N) is 1. The summed E-state index contributed by atoms with van der Waals surface area (Å²) >= 11 is 7.77. The zero-order chi connectivity index (χ0) is 13.8. The summed E-state index contributed by atoms with van der Waals surface area (Å²) in [5, 5.41) is 14.1. The molecule has 0 saturated heterocycles. The van der Waals surface area contributed by atoms with E-state index in [0.29, 0.717) is 17.1 Å². The zero-order valence-corrected chi connectivity index (χ0v) is 11.8. The first-order valence-corrected chi connectivity index (χ1v) is 6.79. The second-order valence-corrected chi connectivity index (χ2v) is 5.11. The molecule has 0 aliphatic carbocycles. The third-order valence-electron chi connectivity index (χ3n) is 2.65. The maximum absolute atomic E-state index is 8.63. The van der Waals surface area contributed by atoms with Gasteiger partial charge >= 0.3 is 0 Å². The lowest BCUT2D eigenvalue weighted by Gasteiger charge is -2.20. The molecule has 5 nitrogen and oxygen atoms in total. The normalized spacial score (nSPS) is 11.6. The standard InChI is InChI=1S/C12H13ClN4OS/c1-17(5-9-6-19-7-15-9)11-3-2-8(4-10(11)13)12(14)16-18/h2-4,6-7,18H,5H2,1H3,(H2,14,16). The number of hydrogen-bond donors (Lipinski definition) is 2. The predicted octanol–water partition coefficient (Wildman–Crippen LogP) is 2.53. The summed E-state index contributed by atoms with van der Waals surface area (Å²) in [6.45, 7) is 0.673. The Hall–Kier alpha value is -1.79. The van der Waals surface area contributed by atoms with E-state index in [-0.39, 0.29) is 5.84 Å². The highest BCUT2D eigenvalue weighted by molar-refractivity contribution is 7.07. The molecule has 0 bridgehead atoms. The van der Waals surface area contributed by atoms with Crippen LogP contribution in [0.5, 0.6) is 0 Å². The highest BCUT2D eigenvalue weighted by Crippen LogP contribution is 2.27. The summed E-state index contributed by atoms with van der Waals surface area (Å²) in [5.74, 6) is 0.0376. The van der Waals surface area contributed by atoms with Gasteiger partial charge in [-0.15, -0.1) is 11.3 Å². The molecule has 1 aromatic carbocycles. The van der Waals surface area contributed by atoms with E-state index in [1.165, 1.54) is 0 Å². The molecule has 2 rings (SSSR count). The number of thiazole rings is 1. The molecule has 0 amide bonds. The van der Waals surface area contributed by atoms with Crippen LogP contribution in [-0.2, 0) is 6.54 Å². The molecule has 3 N–H and O–H groups in total. The van der Waals surface area contributed by atoms with Crippen molar-refractivity contribution in [2.24, 2.45) is 10.9 Å². The van der Waals surface area contributed by atoms with Crippen molar-refractivity contribution < 1.29 is 5.21 Å². The minimum absolute atomic E-state index is 0.0376. The molecule has 1 aromatic heterocycles. The number of halogens is 1. The molecule has 0 aliphatic rings. The minimum Gasteiger partial charge on any atom is -0.409 e. The Kier molecular flexibility index (Phi) is 4.24. The number of benzene rings is 1. The van der Waals surface area contributed by atoms with Crippen molar-refractivity contribution in [2.75, 3.05) is 11.9 Å². The van der Waals surface area contributed by atoms with E-state index in [1.807, 2.05) is 23.4 Å². The zero-order valence-electron chi connectivity index (χ0n) is 10.2. The van der Waals surface area contributed by atoms with Gasteiger partial charge in [0.05, 0.1) is 28.5 Å². The lowest BCUT2D eigenvalue weighted by atomic mass is 10.2. The summed E-state index contributed by atoms with van der Waals surface area (Å²) in [4.78, 5) is 6.23. The Balaban J connectivity index is 2.21. The van der Waals surface area contributed by atoms with Crippen molar-refractivity contribution in [3.05, 3.63) is 45.4 Å². The Bertz CT molecular complexity index is 585. The molecular weight excluding hydrogens is 284 g/mol. The highest BCUT2D eigenvalue weighted by Gasteiger charge is 2.10. The lowest BCUT2D eigenvalue weighted by Crippen LogP contribution is -2.18. The molecule has 19 heavy (non-hydrogen) atoms. The maximum Gasteiger partial charge on any atom is 0.170 e. The molecule has 2 aromatic rings. The maximum atomic E-state index is 8.63. The molecule has 1 heterocycles. The fraction of sp³-hybridized carbons (Fsp3) is 0.167. The summed E-state index contributed by atoms with van der Waals surface area (Å²) in [7, 11) is 1.93. The van der Waals surface area contributed by atoms with Gasteiger partial charge in [-0.25, -0.2) is 4.98 Å². The first kappa shape index (κ1) is 13.6. The monoisotopic (exact) mass is 296 g/mol. The highest BCUT2D eigenvalue weighted by atomic mass is 35.5. The quantitative estimate of drug-likeness (QED) is 0.393. The average Bonchev–Trinajstić information content (AvgIpc) is 2.90. The van der Waals surface area contributed by atoms with Crippen LogP contribution >= 0.6 is 22.9 Å². The molecule has 0 unspecified atom stereocenters. The van der Waals surface area contributed by atoms with Crippen LogP contribution < -0.4 is 10.6 Å². The van der Waals surface area contributed by atoms with Gasteiger partial charge in [0.15, 0.2) is 5.84 Å². The van der Waals surface area contributed by atoms with Gasteiger partial charge in [-0.1, -0.05) is 16.8 Å². The summed E-state index contributed by atoms with van der Waals surface area (Å²) in [5.41, 5.74) is 9.75. The van der Waals surface area contributed by atoms with Gasteiger partial charge in [-0.05, 0) is 18.2 Å². The van der Waals surface area contributed by atoms with Gasteiger partial charge in [-0.3, -0.25) is 0 Å². The van der Waals surface area contributed by atoms with E-state index in [2.05, 4.69) is 10.1 Å². The summed E-state index contributed by atoms with van der Waals surface area (Å²) in [6.07, 6.45) is 0. The largest absolute Gasteiger partial charge is 0.409 e. The van der Waals surface area contributed by atoms with Gasteiger partial charge < -0.3 is 15.8 Å². The van der Waals surface area contributed by atoms with Crippen LogP contribution in [0, 0.1) is 0 Å². The molecule has 0 aliphatic heterocycles. The summed E-state index contributed by atoms with van der Waals surface area (Å²) in [6, 6.07) is 5.26. The number of nitrogens with zero attached hydrogens (tertiary/aromatic N) is 3. The van der Waals surface area contributed by atoms with Gasteiger partial charge in [0.1, 0.15) is 0 Å². The SMILES string of the molecule is CN(Cc1cscn1)c1ccc(C(N)=NO)cc1Cl. The smallest absolute Gasteiger partial charge is 0.170 e. The van der Waals surface area contributed by atoms with E-state index in [0.717, 1.165) is 11.4 Å². The molecule has 0 saturated carbocycles. The molecule has 7 heteroatoms. The fourth-order valence-electron chi connectivity index (χ4n) is 1.68. The van der Waals surface area contributed by atoms with Crippen LogP contribution in [0.3, 0.4) is 0 Å². The van der Waals surface area contributed by atoms with E-state index in [9.17, 15) is 0 Å². The van der Waals surface area contributed by atoms with Gasteiger partial charge in [0.2, 0.25) is 0 Å². The van der Waals surface area contributed by atoms with Crippen molar-refractivity contribution >= 4 is 34.5 Å². The Morgan fingerprint density at radius 2 is 2.37 bits per heavy atom. The van der Waals surface area contributed by atoms with Gasteiger partial charge in [0.25, 0.3) is 0 Å². The number of oxime groups is 1. The van der Waals surface area contributed by atoms with Crippen molar-refractivity contribution in [1.82, 2.24) is 4.98 Å². The molecule has 100 valence electrons. The van der Waals surface area contributed by atoms with E-state index in [1.54, 1.807) is 29.0 Å². The van der Waals surface area contributed by atoms with E-state index in [4.69, 9.17) is 22.5 Å². The fourth-order valence-corrected chi connectivity index (χ4v) is 2.55. The predicted molar refractivity (Wildman–Crippen MR) is 78.2 cm³/mol. The average molecular weight is 297 g/mol. The van der Waals surface area contributed by atoms with Crippen LogP contribution in [-0.4, -0.2) is 23.1 Å². The number of hydrogen-bond acceptors (Lipinski definition) is 5. The Morgan fingerprint density at radius 1 is 1.58 bits per heavy atom. The minimum atomic E-state index is 0.0376. The second-order valence-electron chi connectivity index (χ2n) is 3.99. The Labute approximate surface area is 119 Å². The lowest BCUT2D eigenvalue weighted by molar-refractivity contribution is 0.318. The van der Waals surface area contributed by atoms with Crippen molar-refractivity contribution in [3.63, 3.8) is 0 Å². The van der Waals surface area contributed by atoms with Crippen molar-refractivity contribution in [1.29, 1.82) is 0 Å². The van der Waals surface area contributed by atoms with Crippen LogP contribution in [0.2, 0.25) is 5.02 Å². The Morgan fingerprint density at radius 3 is 2.95 bits per heavy atom. The van der Waals surface area contributed by atoms with E-state index < -0.39 is 0 Å². The third kappa shape index (κ3) is 3.15. The molecular formula is C12H13ClN4OS. The number of amidine groups is 1. The van der Waals surface area contributed by atoms with Gasteiger partial charge in [0, 0.05) is 18.0 Å². The number of aromatic nitrogens is 1. The van der Waals surface area contributed by atoms with E-state index >= 15 is 0 Å².